The summed E-state index contributed by atoms with van der Waals surface area (Å²) in [6.07, 6.45) is 1.78. The highest BCUT2D eigenvalue weighted by molar-refractivity contribution is 7.07. The zero-order chi connectivity index (χ0) is 22.8. The summed E-state index contributed by atoms with van der Waals surface area (Å²) < 4.78 is 17.7. The van der Waals surface area contributed by atoms with Crippen LogP contribution in [0, 0.1) is 0 Å². The predicted molar refractivity (Wildman–Crippen MR) is 122 cm³/mol. The number of aromatic nitrogens is 1. The van der Waals surface area contributed by atoms with Gasteiger partial charge in [0, 0.05) is 5.56 Å². The summed E-state index contributed by atoms with van der Waals surface area (Å²) in [7, 11) is 4.49. The Morgan fingerprint density at radius 1 is 1.06 bits per heavy atom. The van der Waals surface area contributed by atoms with E-state index in [1.54, 1.807) is 43.9 Å². The van der Waals surface area contributed by atoms with Gasteiger partial charge in [-0.3, -0.25) is 9.36 Å². The maximum absolute atomic E-state index is 13.5. The van der Waals surface area contributed by atoms with E-state index in [0.29, 0.717) is 32.1 Å². The Labute approximate surface area is 188 Å². The molecule has 1 aromatic heterocycles. The van der Waals surface area contributed by atoms with E-state index in [-0.39, 0.29) is 5.56 Å². The molecule has 0 aliphatic carbocycles. The number of hydrogen-bond donors (Lipinski definition) is 0. The first-order valence-corrected chi connectivity index (χ1v) is 10.7. The lowest BCUT2D eigenvalue weighted by Crippen LogP contribution is -2.39. The number of carbonyl (C=O) groups is 1. The van der Waals surface area contributed by atoms with E-state index in [0.717, 1.165) is 11.1 Å². The van der Waals surface area contributed by atoms with Gasteiger partial charge in [-0.1, -0.05) is 41.7 Å². The van der Waals surface area contributed by atoms with E-state index in [4.69, 9.17) is 14.2 Å². The number of benzene rings is 2. The minimum atomic E-state index is -0.663. The summed E-state index contributed by atoms with van der Waals surface area (Å²) in [6, 6.07) is 14.1. The minimum absolute atomic E-state index is 0.241. The Balaban J connectivity index is 1.97. The van der Waals surface area contributed by atoms with Gasteiger partial charge in [-0.05, 0) is 36.8 Å². The molecule has 0 bridgehead atoms. The van der Waals surface area contributed by atoms with Crippen LogP contribution < -0.4 is 24.4 Å². The molecule has 0 N–H and O–H groups in total. The number of ether oxygens (including phenoxy) is 3. The molecule has 4 rings (SSSR count). The Morgan fingerprint density at radius 3 is 2.44 bits per heavy atom. The van der Waals surface area contributed by atoms with Crippen molar-refractivity contribution >= 4 is 23.4 Å². The molecule has 3 aromatic rings. The third kappa shape index (κ3) is 3.73. The van der Waals surface area contributed by atoms with E-state index in [1.807, 2.05) is 36.4 Å². The number of carbonyl (C=O) groups excluding carboxylic acids is 1. The molecule has 1 unspecified atom stereocenters. The molecule has 0 spiro atoms. The van der Waals surface area contributed by atoms with Gasteiger partial charge in [0.05, 0.1) is 43.2 Å². The Morgan fingerprint density at radius 2 is 1.78 bits per heavy atom. The first kappa shape index (κ1) is 21.6. The largest absolute Gasteiger partial charge is 0.497 e. The average molecular weight is 451 g/mol. The van der Waals surface area contributed by atoms with Crippen LogP contribution in [0.4, 0.5) is 0 Å². The third-order valence-electron chi connectivity index (χ3n) is 5.28. The summed E-state index contributed by atoms with van der Waals surface area (Å²) in [5.41, 5.74) is 2.14. The highest BCUT2D eigenvalue weighted by Gasteiger charge is 2.33. The van der Waals surface area contributed by atoms with Gasteiger partial charge in [0.2, 0.25) is 0 Å². The van der Waals surface area contributed by atoms with Crippen molar-refractivity contribution in [3.05, 3.63) is 90.6 Å². The number of para-hydroxylation sites is 1. The molecule has 2 heterocycles. The molecular formula is C24H22N2O5S. The van der Waals surface area contributed by atoms with E-state index in [2.05, 4.69) is 4.99 Å². The summed E-state index contributed by atoms with van der Waals surface area (Å²) in [4.78, 5) is 31.3. The number of rotatable bonds is 5. The maximum Gasteiger partial charge on any atom is 0.338 e. The molecule has 0 radical (unpaired) electrons. The van der Waals surface area contributed by atoms with Crippen LogP contribution in [0.5, 0.6) is 11.5 Å². The van der Waals surface area contributed by atoms with Gasteiger partial charge < -0.3 is 14.2 Å². The van der Waals surface area contributed by atoms with Gasteiger partial charge >= 0.3 is 5.97 Å². The average Bonchev–Trinajstić information content (AvgIpc) is 3.12. The fourth-order valence-corrected chi connectivity index (χ4v) is 4.76. The second-order valence-corrected chi connectivity index (χ2v) is 8.10. The fourth-order valence-electron chi connectivity index (χ4n) is 3.72. The summed E-state index contributed by atoms with van der Waals surface area (Å²) in [6.45, 7) is 1.75. The van der Waals surface area contributed by atoms with E-state index in [9.17, 15) is 9.59 Å². The van der Waals surface area contributed by atoms with Crippen molar-refractivity contribution in [3.63, 3.8) is 0 Å². The molecule has 32 heavy (non-hydrogen) atoms. The highest BCUT2D eigenvalue weighted by Crippen LogP contribution is 2.31. The van der Waals surface area contributed by atoms with Crippen LogP contribution in [0.25, 0.3) is 6.08 Å². The molecule has 0 fully saturated rings. The van der Waals surface area contributed by atoms with Crippen molar-refractivity contribution in [1.82, 2.24) is 4.57 Å². The van der Waals surface area contributed by atoms with Crippen LogP contribution >= 0.6 is 11.3 Å². The van der Waals surface area contributed by atoms with Crippen LogP contribution in [-0.2, 0) is 9.53 Å². The van der Waals surface area contributed by atoms with Crippen LogP contribution in [0.3, 0.4) is 0 Å². The molecule has 164 valence electrons. The van der Waals surface area contributed by atoms with Crippen molar-refractivity contribution in [3.8, 4) is 11.5 Å². The topological polar surface area (TPSA) is 79.1 Å². The number of allylic oxidation sites excluding steroid dienone is 1. The smallest absolute Gasteiger partial charge is 0.338 e. The summed E-state index contributed by atoms with van der Waals surface area (Å²) in [5.74, 6) is 0.820. The lowest BCUT2D eigenvalue weighted by atomic mass is 9.96. The Bertz CT molecular complexity index is 1380. The maximum atomic E-state index is 13.5. The van der Waals surface area contributed by atoms with Gasteiger partial charge in [-0.2, -0.15) is 0 Å². The van der Waals surface area contributed by atoms with Crippen LogP contribution in [0.15, 0.2) is 69.6 Å². The van der Waals surface area contributed by atoms with Crippen molar-refractivity contribution < 1.29 is 19.0 Å². The van der Waals surface area contributed by atoms with Crippen molar-refractivity contribution in [2.45, 2.75) is 13.0 Å². The molecule has 0 amide bonds. The Kier molecular flexibility index (Phi) is 5.96. The molecule has 1 atom stereocenters. The number of methoxy groups -OCH3 is 3. The molecule has 0 saturated heterocycles. The second kappa shape index (κ2) is 8.84. The summed E-state index contributed by atoms with van der Waals surface area (Å²) >= 11 is 1.27. The van der Waals surface area contributed by atoms with Gasteiger partial charge in [0.1, 0.15) is 11.5 Å². The number of nitrogens with zero attached hydrogens (tertiary/aromatic N) is 2. The standard InChI is InChI=1S/C24H22N2O5S/c1-14-20(23(28)31-4)21(15-9-11-17(29-2)12-10-15)26-22(27)19(32-24(26)25-14)13-16-7-5-6-8-18(16)30-3/h5-13,21H,1-4H3/b19-13-. The SMILES string of the molecule is COC(=O)C1=C(C)N=c2s/c(=C\c3ccccc3OC)c(=O)n2C1c1ccc(OC)cc1. The normalized spacial score (nSPS) is 15.8. The van der Waals surface area contributed by atoms with E-state index in [1.165, 1.54) is 18.4 Å². The zero-order valence-electron chi connectivity index (χ0n) is 18.1. The van der Waals surface area contributed by atoms with Gasteiger partial charge in [-0.25, -0.2) is 9.79 Å². The first-order valence-electron chi connectivity index (χ1n) is 9.86. The molecule has 7 nitrogen and oxygen atoms in total. The highest BCUT2D eigenvalue weighted by atomic mass is 32.1. The minimum Gasteiger partial charge on any atom is -0.497 e. The second-order valence-electron chi connectivity index (χ2n) is 7.09. The third-order valence-corrected chi connectivity index (χ3v) is 6.27. The van der Waals surface area contributed by atoms with Crippen molar-refractivity contribution in [2.24, 2.45) is 4.99 Å². The monoisotopic (exact) mass is 450 g/mol. The van der Waals surface area contributed by atoms with Crippen molar-refractivity contribution in [1.29, 1.82) is 0 Å². The van der Waals surface area contributed by atoms with Gasteiger partial charge in [0.25, 0.3) is 5.56 Å². The number of esters is 1. The summed E-state index contributed by atoms with van der Waals surface area (Å²) in [5, 5.41) is 0. The fraction of sp³-hybridized carbons (Fsp3) is 0.208. The number of fused-ring (bicyclic) bond motifs is 1. The molecule has 8 heteroatoms. The van der Waals surface area contributed by atoms with Gasteiger partial charge in [-0.15, -0.1) is 0 Å². The molecule has 0 saturated carbocycles. The molecule has 1 aliphatic heterocycles. The van der Waals surface area contributed by atoms with Crippen molar-refractivity contribution in [2.75, 3.05) is 21.3 Å². The van der Waals surface area contributed by atoms with Crippen LogP contribution in [0.1, 0.15) is 24.1 Å². The number of hydrogen-bond acceptors (Lipinski definition) is 7. The molecule has 1 aliphatic rings. The molecule has 2 aromatic carbocycles. The lowest BCUT2D eigenvalue weighted by molar-refractivity contribution is -0.136. The van der Waals surface area contributed by atoms with E-state index >= 15 is 0 Å². The zero-order valence-corrected chi connectivity index (χ0v) is 18.9. The lowest BCUT2D eigenvalue weighted by Gasteiger charge is -2.24. The Hall–Kier alpha value is -3.65. The molecular weight excluding hydrogens is 428 g/mol. The number of thiazole rings is 1. The predicted octanol–water partition coefficient (Wildman–Crippen LogP) is 2.43. The van der Waals surface area contributed by atoms with Gasteiger partial charge in [0.15, 0.2) is 4.80 Å². The quantitative estimate of drug-likeness (QED) is 0.558. The first-order chi connectivity index (χ1) is 15.5. The van der Waals surface area contributed by atoms with Crippen LogP contribution in [-0.4, -0.2) is 31.9 Å². The van der Waals surface area contributed by atoms with Crippen LogP contribution in [0.2, 0.25) is 0 Å². The van der Waals surface area contributed by atoms with E-state index < -0.39 is 12.0 Å².